The Hall–Kier alpha value is -1.13. The first kappa shape index (κ1) is 13.3. The van der Waals surface area contributed by atoms with E-state index in [1.54, 1.807) is 12.1 Å². The number of hydrogen-bond acceptors (Lipinski definition) is 1. The monoisotopic (exact) mass is 331 g/mol. The fourth-order valence-electron chi connectivity index (χ4n) is 1.52. The van der Waals surface area contributed by atoms with Crippen LogP contribution in [0.3, 0.4) is 0 Å². The molecule has 2 aromatic rings. The number of benzene rings is 2. The minimum Gasteiger partial charge on any atom is -0.381 e. The van der Waals surface area contributed by atoms with Gasteiger partial charge in [-0.15, -0.1) is 0 Å². The van der Waals surface area contributed by atoms with Gasteiger partial charge in [0, 0.05) is 27.8 Å². The first-order chi connectivity index (χ1) is 8.54. The first-order valence-electron chi connectivity index (χ1n) is 5.18. The Balaban J connectivity index is 2.11. The van der Waals surface area contributed by atoms with Crippen molar-refractivity contribution >= 4 is 33.2 Å². The van der Waals surface area contributed by atoms with Crippen molar-refractivity contribution in [1.29, 1.82) is 0 Å². The molecule has 0 aliphatic carbocycles. The molecule has 0 saturated carbocycles. The molecule has 0 atom stereocenters. The van der Waals surface area contributed by atoms with Crippen LogP contribution in [-0.4, -0.2) is 0 Å². The van der Waals surface area contributed by atoms with Gasteiger partial charge < -0.3 is 5.32 Å². The molecule has 1 N–H and O–H groups in total. The molecular weight excluding hydrogens is 324 g/mol. The Bertz CT molecular complexity index is 555. The van der Waals surface area contributed by atoms with Crippen LogP contribution in [0.2, 0.25) is 5.02 Å². The highest BCUT2D eigenvalue weighted by molar-refractivity contribution is 9.10. The molecule has 2 rings (SSSR count). The molecule has 0 bridgehead atoms. The molecule has 2 aromatic carbocycles. The average Bonchev–Trinajstić information content (AvgIpc) is 2.26. The van der Waals surface area contributed by atoms with Gasteiger partial charge in [0.2, 0.25) is 0 Å². The van der Waals surface area contributed by atoms with Gasteiger partial charge in [-0.3, -0.25) is 0 Å². The lowest BCUT2D eigenvalue weighted by Crippen LogP contribution is -2.01. The molecule has 18 heavy (non-hydrogen) atoms. The summed E-state index contributed by atoms with van der Waals surface area (Å²) in [6, 6.07) is 8.69. The Labute approximate surface area is 117 Å². The third-order valence-electron chi connectivity index (χ3n) is 2.36. The summed E-state index contributed by atoms with van der Waals surface area (Å²) in [5.41, 5.74) is 1.35. The summed E-state index contributed by atoms with van der Waals surface area (Å²) in [6.45, 7) is 0.445. The number of rotatable bonds is 3. The van der Waals surface area contributed by atoms with Gasteiger partial charge in [-0.2, -0.15) is 0 Å². The molecule has 0 unspecified atom stereocenters. The van der Waals surface area contributed by atoms with E-state index in [2.05, 4.69) is 21.2 Å². The molecule has 0 amide bonds. The van der Waals surface area contributed by atoms with Crippen LogP contribution in [0.15, 0.2) is 40.9 Å². The number of halogens is 4. The molecule has 0 fully saturated rings. The van der Waals surface area contributed by atoms with E-state index in [1.807, 2.05) is 6.07 Å². The lowest BCUT2D eigenvalue weighted by molar-refractivity contribution is 0.584. The zero-order chi connectivity index (χ0) is 13.1. The summed E-state index contributed by atoms with van der Waals surface area (Å²) < 4.78 is 26.8. The van der Waals surface area contributed by atoms with Gasteiger partial charge in [-0.1, -0.05) is 33.6 Å². The minimum atomic E-state index is -0.604. The molecule has 0 aliphatic rings. The maximum atomic E-state index is 13.0. The van der Waals surface area contributed by atoms with E-state index in [0.29, 0.717) is 17.3 Å². The third kappa shape index (κ3) is 3.43. The number of anilines is 1. The highest BCUT2D eigenvalue weighted by atomic mass is 79.9. The second-order valence-electron chi connectivity index (χ2n) is 3.75. The SMILES string of the molecule is Fc1cc(F)cc(NCc2ccc(Cl)cc2Br)c1. The van der Waals surface area contributed by atoms with Crippen molar-refractivity contribution < 1.29 is 8.78 Å². The van der Waals surface area contributed by atoms with E-state index >= 15 is 0 Å². The van der Waals surface area contributed by atoms with Crippen LogP contribution in [-0.2, 0) is 6.54 Å². The summed E-state index contributed by atoms with van der Waals surface area (Å²) in [7, 11) is 0. The molecule has 5 heteroatoms. The minimum absolute atomic E-state index is 0.398. The third-order valence-corrected chi connectivity index (χ3v) is 3.33. The summed E-state index contributed by atoms with van der Waals surface area (Å²) in [5.74, 6) is -1.21. The van der Waals surface area contributed by atoms with E-state index in [0.717, 1.165) is 16.1 Å². The van der Waals surface area contributed by atoms with Crippen molar-refractivity contribution in [2.45, 2.75) is 6.54 Å². The van der Waals surface area contributed by atoms with Gasteiger partial charge in [-0.25, -0.2) is 8.78 Å². The molecule has 0 aliphatic heterocycles. The van der Waals surface area contributed by atoms with Gasteiger partial charge in [0.05, 0.1) is 0 Å². The van der Waals surface area contributed by atoms with Crippen LogP contribution in [0.1, 0.15) is 5.56 Å². The summed E-state index contributed by atoms with van der Waals surface area (Å²) in [5, 5.41) is 3.58. The molecule has 0 heterocycles. The smallest absolute Gasteiger partial charge is 0.128 e. The zero-order valence-corrected chi connectivity index (χ0v) is 11.5. The summed E-state index contributed by atoms with van der Waals surface area (Å²) in [6.07, 6.45) is 0. The van der Waals surface area contributed by atoms with Crippen molar-refractivity contribution in [3.05, 3.63) is 63.1 Å². The van der Waals surface area contributed by atoms with Gasteiger partial charge in [-0.05, 0) is 29.8 Å². The Morgan fingerprint density at radius 2 is 1.72 bits per heavy atom. The summed E-state index contributed by atoms with van der Waals surface area (Å²) >= 11 is 9.20. The predicted octanol–water partition coefficient (Wildman–Crippen LogP) is 4.99. The summed E-state index contributed by atoms with van der Waals surface area (Å²) in [4.78, 5) is 0. The zero-order valence-electron chi connectivity index (χ0n) is 9.18. The van der Waals surface area contributed by atoms with Crippen molar-refractivity contribution in [2.24, 2.45) is 0 Å². The van der Waals surface area contributed by atoms with Gasteiger partial charge in [0.1, 0.15) is 11.6 Å². The van der Waals surface area contributed by atoms with Crippen LogP contribution < -0.4 is 5.32 Å². The van der Waals surface area contributed by atoms with Crippen LogP contribution in [0.5, 0.6) is 0 Å². The molecule has 1 nitrogen and oxygen atoms in total. The number of nitrogens with one attached hydrogen (secondary N) is 1. The molecule has 94 valence electrons. The van der Waals surface area contributed by atoms with Gasteiger partial charge >= 0.3 is 0 Å². The second-order valence-corrected chi connectivity index (χ2v) is 5.04. The van der Waals surface area contributed by atoms with E-state index in [4.69, 9.17) is 11.6 Å². The first-order valence-corrected chi connectivity index (χ1v) is 6.35. The van der Waals surface area contributed by atoms with Crippen molar-refractivity contribution in [3.8, 4) is 0 Å². The highest BCUT2D eigenvalue weighted by Gasteiger charge is 2.03. The van der Waals surface area contributed by atoms with E-state index in [-0.39, 0.29) is 0 Å². The predicted molar refractivity (Wildman–Crippen MR) is 72.8 cm³/mol. The largest absolute Gasteiger partial charge is 0.381 e. The molecule has 0 aromatic heterocycles. The quantitative estimate of drug-likeness (QED) is 0.834. The highest BCUT2D eigenvalue weighted by Crippen LogP contribution is 2.23. The second kappa shape index (κ2) is 5.67. The van der Waals surface area contributed by atoms with Gasteiger partial charge in [0.25, 0.3) is 0 Å². The molecule has 0 radical (unpaired) electrons. The topological polar surface area (TPSA) is 12.0 Å². The molecule has 0 spiro atoms. The lowest BCUT2D eigenvalue weighted by atomic mass is 10.2. The maximum Gasteiger partial charge on any atom is 0.128 e. The molecular formula is C13H9BrClF2N. The van der Waals surface area contributed by atoms with Crippen LogP contribution >= 0.6 is 27.5 Å². The molecule has 0 saturated heterocycles. The Morgan fingerprint density at radius 1 is 1.06 bits per heavy atom. The van der Waals surface area contributed by atoms with E-state index < -0.39 is 11.6 Å². The van der Waals surface area contributed by atoms with Crippen LogP contribution in [0, 0.1) is 11.6 Å². The van der Waals surface area contributed by atoms with Gasteiger partial charge in [0.15, 0.2) is 0 Å². The van der Waals surface area contributed by atoms with Crippen molar-refractivity contribution in [2.75, 3.05) is 5.32 Å². The Kier molecular flexibility index (Phi) is 4.19. The van der Waals surface area contributed by atoms with Crippen molar-refractivity contribution in [1.82, 2.24) is 0 Å². The fourth-order valence-corrected chi connectivity index (χ4v) is 2.34. The van der Waals surface area contributed by atoms with Crippen LogP contribution in [0.4, 0.5) is 14.5 Å². The van der Waals surface area contributed by atoms with Crippen molar-refractivity contribution in [3.63, 3.8) is 0 Å². The lowest BCUT2D eigenvalue weighted by Gasteiger charge is -2.09. The van der Waals surface area contributed by atoms with E-state index in [1.165, 1.54) is 12.1 Å². The Morgan fingerprint density at radius 3 is 2.33 bits per heavy atom. The standard InChI is InChI=1S/C13H9BrClF2N/c14-13-3-9(15)2-1-8(13)7-18-12-5-10(16)4-11(17)6-12/h1-6,18H,7H2. The van der Waals surface area contributed by atoms with Crippen LogP contribution in [0.25, 0.3) is 0 Å². The fraction of sp³-hybridized carbons (Fsp3) is 0.0769. The normalized spacial score (nSPS) is 10.4. The number of hydrogen-bond donors (Lipinski definition) is 1. The van der Waals surface area contributed by atoms with E-state index in [9.17, 15) is 8.78 Å². The average molecular weight is 333 g/mol. The maximum absolute atomic E-state index is 13.0.